The highest BCUT2D eigenvalue weighted by atomic mass is 19.1. The van der Waals surface area contributed by atoms with Gasteiger partial charge in [0.05, 0.1) is 12.7 Å². The van der Waals surface area contributed by atoms with Crippen LogP contribution in [0.15, 0.2) is 23.0 Å². The van der Waals surface area contributed by atoms with E-state index in [4.69, 9.17) is 4.74 Å². The first-order valence-corrected chi connectivity index (χ1v) is 11.5. The number of aromatic amines is 1. The first-order valence-electron chi connectivity index (χ1n) is 11.5. The molecular formula is C24H29FN4O3. The van der Waals surface area contributed by atoms with Gasteiger partial charge in [-0.3, -0.25) is 9.59 Å². The van der Waals surface area contributed by atoms with E-state index in [1.54, 1.807) is 12.1 Å². The first kappa shape index (κ1) is 21.3. The van der Waals surface area contributed by atoms with Gasteiger partial charge in [0.15, 0.2) is 0 Å². The summed E-state index contributed by atoms with van der Waals surface area (Å²) in [6.07, 6.45) is 4.66. The summed E-state index contributed by atoms with van der Waals surface area (Å²) in [5, 5.41) is 2.47. The average Bonchev–Trinajstić information content (AvgIpc) is 3.64. The number of halogens is 1. The number of ether oxygens (including phenoxy) is 1. The Morgan fingerprint density at radius 1 is 1.22 bits per heavy atom. The predicted molar refractivity (Wildman–Crippen MR) is 117 cm³/mol. The molecule has 2 aliphatic heterocycles. The number of carbonyl (C=O) groups excluding carboxylic acids is 1. The van der Waals surface area contributed by atoms with E-state index in [1.165, 1.54) is 7.05 Å². The van der Waals surface area contributed by atoms with Crippen LogP contribution in [-0.4, -0.2) is 53.6 Å². The maximum Gasteiger partial charge on any atom is 0.269 e. The van der Waals surface area contributed by atoms with Gasteiger partial charge in [-0.1, -0.05) is 6.07 Å². The molecule has 1 amide bonds. The molecule has 1 atom stereocenters. The number of rotatable bonds is 5. The van der Waals surface area contributed by atoms with E-state index in [2.05, 4.69) is 20.2 Å². The van der Waals surface area contributed by atoms with Crippen LogP contribution < -0.4 is 10.9 Å². The van der Waals surface area contributed by atoms with E-state index < -0.39 is 5.95 Å². The smallest absolute Gasteiger partial charge is 0.269 e. The van der Waals surface area contributed by atoms with Gasteiger partial charge in [-0.25, -0.2) is 4.98 Å². The molecule has 1 aliphatic carbocycles. The Labute approximate surface area is 186 Å². The Morgan fingerprint density at radius 3 is 2.66 bits per heavy atom. The molecule has 0 spiro atoms. The van der Waals surface area contributed by atoms with E-state index in [-0.39, 0.29) is 29.2 Å². The average molecular weight is 441 g/mol. The summed E-state index contributed by atoms with van der Waals surface area (Å²) < 4.78 is 20.6. The van der Waals surface area contributed by atoms with Crippen LogP contribution in [-0.2, 0) is 17.8 Å². The number of nitrogens with one attached hydrogen (secondary N) is 2. The van der Waals surface area contributed by atoms with Crippen molar-refractivity contribution in [3.05, 3.63) is 62.6 Å². The third kappa shape index (κ3) is 4.34. The first-order chi connectivity index (χ1) is 15.5. The van der Waals surface area contributed by atoms with E-state index in [9.17, 15) is 14.0 Å². The highest BCUT2D eigenvalue weighted by molar-refractivity contribution is 5.91. The van der Waals surface area contributed by atoms with Crippen LogP contribution in [0.4, 0.5) is 4.39 Å². The van der Waals surface area contributed by atoms with Crippen molar-refractivity contribution >= 4 is 5.91 Å². The zero-order valence-electron chi connectivity index (χ0n) is 18.3. The summed E-state index contributed by atoms with van der Waals surface area (Å²) in [5.74, 6) is -0.401. The number of nitrogens with zero attached hydrogens (tertiary/aromatic N) is 2. The molecule has 0 radical (unpaired) electrons. The molecule has 32 heavy (non-hydrogen) atoms. The van der Waals surface area contributed by atoms with Gasteiger partial charge in [0, 0.05) is 36.8 Å². The molecule has 170 valence electrons. The van der Waals surface area contributed by atoms with Crippen molar-refractivity contribution in [2.45, 2.75) is 56.7 Å². The van der Waals surface area contributed by atoms with Crippen LogP contribution in [0.1, 0.15) is 70.4 Å². The predicted octanol–water partition coefficient (Wildman–Crippen LogP) is 2.47. The third-order valence-corrected chi connectivity index (χ3v) is 6.99. The molecule has 8 heteroatoms. The molecule has 7 nitrogen and oxygen atoms in total. The maximum atomic E-state index is 14.5. The summed E-state index contributed by atoms with van der Waals surface area (Å²) in [7, 11) is 1.50. The molecule has 0 aromatic carbocycles. The van der Waals surface area contributed by atoms with Crippen LogP contribution in [0.2, 0.25) is 0 Å². The lowest BCUT2D eigenvalue weighted by atomic mass is 9.89. The number of H-pyrrole nitrogens is 1. The van der Waals surface area contributed by atoms with Crippen LogP contribution in [0.5, 0.6) is 0 Å². The van der Waals surface area contributed by atoms with Gasteiger partial charge in [-0.15, -0.1) is 0 Å². The van der Waals surface area contributed by atoms with Crippen molar-refractivity contribution in [3.63, 3.8) is 0 Å². The van der Waals surface area contributed by atoms with Gasteiger partial charge in [0.2, 0.25) is 5.95 Å². The van der Waals surface area contributed by atoms with Crippen molar-refractivity contribution in [3.8, 4) is 0 Å². The number of piperidine rings is 1. The van der Waals surface area contributed by atoms with E-state index in [0.717, 1.165) is 68.6 Å². The van der Waals surface area contributed by atoms with Gasteiger partial charge in [0.25, 0.3) is 11.5 Å². The third-order valence-electron chi connectivity index (χ3n) is 6.99. The number of carbonyl (C=O) groups is 1. The summed E-state index contributed by atoms with van der Waals surface area (Å²) in [6.45, 7) is 3.05. The minimum Gasteiger partial charge on any atom is -0.372 e. The Kier molecular flexibility index (Phi) is 5.82. The van der Waals surface area contributed by atoms with Crippen LogP contribution in [0.3, 0.4) is 0 Å². The molecule has 1 unspecified atom stereocenters. The van der Waals surface area contributed by atoms with Gasteiger partial charge < -0.3 is 19.9 Å². The molecular weight excluding hydrogens is 411 g/mol. The van der Waals surface area contributed by atoms with Crippen LogP contribution in [0.25, 0.3) is 0 Å². The lowest BCUT2D eigenvalue weighted by molar-refractivity contribution is -0.000696. The molecule has 2 aromatic rings. The number of fused-ring (bicyclic) bond motifs is 1. The summed E-state index contributed by atoms with van der Waals surface area (Å²) in [6, 6.07) is 5.33. The van der Waals surface area contributed by atoms with E-state index in [1.807, 2.05) is 6.07 Å². The molecule has 2 N–H and O–H groups in total. The van der Waals surface area contributed by atoms with E-state index in [0.29, 0.717) is 18.1 Å². The van der Waals surface area contributed by atoms with Crippen molar-refractivity contribution in [2.75, 3.05) is 26.7 Å². The molecule has 0 bridgehead atoms. The summed E-state index contributed by atoms with van der Waals surface area (Å²) in [5.41, 5.74) is 3.79. The number of hydrogen-bond donors (Lipinski definition) is 2. The standard InChI is InChI=1S/C24H29FN4O3/c1-26-24(31)20-5-4-18(22(25)27-20)15-6-8-29(9-7-15)12-17-11-21-16(13-32-17)10-19(14-2-3-14)23(30)28-21/h4-5,10,14-15,17H,2-3,6-9,11-13H2,1H3,(H,26,31)(H,28,30). The number of likely N-dealkylation sites (tertiary alicyclic amines) is 1. The van der Waals surface area contributed by atoms with Crippen LogP contribution >= 0.6 is 0 Å². The lowest BCUT2D eigenvalue weighted by Crippen LogP contribution is -2.41. The summed E-state index contributed by atoms with van der Waals surface area (Å²) in [4.78, 5) is 33.3. The Balaban J connectivity index is 1.17. The Morgan fingerprint density at radius 2 is 1.97 bits per heavy atom. The van der Waals surface area contributed by atoms with E-state index >= 15 is 0 Å². The molecule has 5 rings (SSSR count). The number of hydrogen-bond acceptors (Lipinski definition) is 5. The lowest BCUT2D eigenvalue weighted by Gasteiger charge is -2.35. The van der Waals surface area contributed by atoms with Gasteiger partial charge in [0.1, 0.15) is 5.69 Å². The Bertz CT molecular complexity index is 1070. The zero-order valence-corrected chi connectivity index (χ0v) is 18.3. The number of aromatic nitrogens is 2. The Hall–Kier alpha value is -2.58. The van der Waals surface area contributed by atoms with Crippen molar-refractivity contribution in [1.29, 1.82) is 0 Å². The fourth-order valence-electron chi connectivity index (χ4n) is 4.97. The zero-order chi connectivity index (χ0) is 22.2. The SMILES string of the molecule is CNC(=O)c1ccc(C2CCN(CC3Cc4[nH]c(=O)c(C5CC5)cc4CO3)CC2)c(F)n1. The second kappa shape index (κ2) is 8.75. The van der Waals surface area contributed by atoms with Crippen molar-refractivity contribution in [1.82, 2.24) is 20.2 Å². The van der Waals surface area contributed by atoms with Gasteiger partial charge in [-0.05, 0) is 68.3 Å². The molecule has 1 saturated heterocycles. The monoisotopic (exact) mass is 440 g/mol. The molecule has 3 aliphatic rings. The molecule has 1 saturated carbocycles. The van der Waals surface area contributed by atoms with Crippen molar-refractivity contribution in [2.24, 2.45) is 0 Å². The van der Waals surface area contributed by atoms with Gasteiger partial charge in [-0.2, -0.15) is 4.39 Å². The second-order valence-corrected chi connectivity index (χ2v) is 9.20. The highest BCUT2D eigenvalue weighted by Gasteiger charge is 2.30. The topological polar surface area (TPSA) is 87.3 Å². The molecule has 2 aromatic heterocycles. The largest absolute Gasteiger partial charge is 0.372 e. The molecule has 2 fully saturated rings. The number of amides is 1. The fraction of sp³-hybridized carbons (Fsp3) is 0.542. The highest BCUT2D eigenvalue weighted by Crippen LogP contribution is 2.39. The minimum absolute atomic E-state index is 0.0479. The normalized spacial score (nSPS) is 21.9. The fourth-order valence-corrected chi connectivity index (χ4v) is 4.97. The van der Waals surface area contributed by atoms with Crippen LogP contribution in [0, 0.1) is 5.95 Å². The number of pyridine rings is 2. The second-order valence-electron chi connectivity index (χ2n) is 9.20. The van der Waals surface area contributed by atoms with Crippen molar-refractivity contribution < 1.29 is 13.9 Å². The quantitative estimate of drug-likeness (QED) is 0.698. The minimum atomic E-state index is -0.550. The maximum absolute atomic E-state index is 14.5. The van der Waals surface area contributed by atoms with Gasteiger partial charge >= 0.3 is 0 Å². The summed E-state index contributed by atoms with van der Waals surface area (Å²) >= 11 is 0. The molecule has 4 heterocycles.